The first kappa shape index (κ1) is 16.2. The van der Waals surface area contributed by atoms with Gasteiger partial charge in [0.15, 0.2) is 0 Å². The molecule has 0 aliphatic carbocycles. The van der Waals surface area contributed by atoms with Gasteiger partial charge in [-0.05, 0) is 19.1 Å². The molecular formula is C13H14N2O6. The van der Waals surface area contributed by atoms with E-state index >= 15 is 0 Å². The highest BCUT2D eigenvalue weighted by Crippen LogP contribution is 2.15. The predicted molar refractivity (Wildman–Crippen MR) is 71.9 cm³/mol. The topological polar surface area (TPSA) is 133 Å². The van der Waals surface area contributed by atoms with Crippen molar-refractivity contribution in [2.24, 2.45) is 0 Å². The van der Waals surface area contributed by atoms with Gasteiger partial charge in [0.25, 0.3) is 0 Å². The maximum atomic E-state index is 11.8. The van der Waals surface area contributed by atoms with E-state index in [0.29, 0.717) is 0 Å². The number of carboxylic acids is 2. The molecule has 0 aromatic heterocycles. The predicted octanol–water partition coefficient (Wildman–Crippen LogP) is 0.303. The molecule has 21 heavy (non-hydrogen) atoms. The second kappa shape index (κ2) is 7.04. The summed E-state index contributed by atoms with van der Waals surface area (Å²) in [4.78, 5) is 44.4. The SMILES string of the molecule is C[C@H](NC(=O)CC(=O)O)C(=O)Nc1ccccc1C(=O)O. The number of carbonyl (C=O) groups is 4. The first-order valence-electron chi connectivity index (χ1n) is 5.95. The van der Waals surface area contributed by atoms with Crippen molar-refractivity contribution < 1.29 is 29.4 Å². The Labute approximate surface area is 119 Å². The van der Waals surface area contributed by atoms with E-state index in [0.717, 1.165) is 0 Å². The third-order valence-corrected chi connectivity index (χ3v) is 2.50. The van der Waals surface area contributed by atoms with Crippen LogP contribution in [0.25, 0.3) is 0 Å². The maximum absolute atomic E-state index is 11.8. The van der Waals surface area contributed by atoms with E-state index in [4.69, 9.17) is 10.2 Å². The van der Waals surface area contributed by atoms with Gasteiger partial charge in [-0.25, -0.2) is 4.79 Å². The van der Waals surface area contributed by atoms with Gasteiger partial charge in [0.2, 0.25) is 11.8 Å². The minimum atomic E-state index is -1.31. The third kappa shape index (κ3) is 4.94. The quantitative estimate of drug-likeness (QED) is 0.558. The lowest BCUT2D eigenvalue weighted by Crippen LogP contribution is -2.42. The summed E-state index contributed by atoms with van der Waals surface area (Å²) >= 11 is 0. The molecule has 0 spiro atoms. The standard InChI is InChI=1S/C13H14N2O6/c1-7(14-10(16)6-11(17)18)12(19)15-9-5-3-2-4-8(9)13(20)21/h2-5,7H,6H2,1H3,(H,14,16)(H,15,19)(H,17,18)(H,20,21)/t7-/m0/s1. The Morgan fingerprint density at radius 1 is 1.14 bits per heavy atom. The van der Waals surface area contributed by atoms with Gasteiger partial charge in [-0.2, -0.15) is 0 Å². The summed E-state index contributed by atoms with van der Waals surface area (Å²) < 4.78 is 0. The highest BCUT2D eigenvalue weighted by molar-refractivity contribution is 6.03. The smallest absolute Gasteiger partial charge is 0.337 e. The molecule has 1 rings (SSSR count). The number of benzene rings is 1. The molecule has 0 aliphatic heterocycles. The molecule has 8 heteroatoms. The van der Waals surface area contributed by atoms with Crippen molar-refractivity contribution >= 4 is 29.4 Å². The largest absolute Gasteiger partial charge is 0.481 e. The normalized spacial score (nSPS) is 11.3. The number of rotatable bonds is 6. The van der Waals surface area contributed by atoms with Crippen molar-refractivity contribution in [2.45, 2.75) is 19.4 Å². The fourth-order valence-corrected chi connectivity index (χ4v) is 1.52. The van der Waals surface area contributed by atoms with Crippen LogP contribution in [0, 0.1) is 0 Å². The number of aromatic carboxylic acids is 1. The monoisotopic (exact) mass is 294 g/mol. The summed E-state index contributed by atoms with van der Waals surface area (Å²) in [5.41, 5.74) is 0.00393. The van der Waals surface area contributed by atoms with Gasteiger partial charge in [0, 0.05) is 0 Å². The Kier molecular flexibility index (Phi) is 5.41. The molecule has 4 N–H and O–H groups in total. The van der Waals surface area contributed by atoms with E-state index in [-0.39, 0.29) is 11.3 Å². The molecule has 1 aromatic carbocycles. The molecule has 0 saturated carbocycles. The van der Waals surface area contributed by atoms with Crippen molar-refractivity contribution in [3.8, 4) is 0 Å². The first-order chi connectivity index (χ1) is 9.81. The fraction of sp³-hybridized carbons (Fsp3) is 0.231. The summed E-state index contributed by atoms with van der Waals surface area (Å²) in [6, 6.07) is 4.80. The fourth-order valence-electron chi connectivity index (χ4n) is 1.52. The van der Waals surface area contributed by atoms with Gasteiger partial charge in [0.1, 0.15) is 12.5 Å². The summed E-state index contributed by atoms with van der Waals surface area (Å²) in [7, 11) is 0. The van der Waals surface area contributed by atoms with Crippen molar-refractivity contribution in [1.82, 2.24) is 5.32 Å². The van der Waals surface area contributed by atoms with Gasteiger partial charge in [-0.3, -0.25) is 14.4 Å². The molecule has 0 unspecified atom stereocenters. The Hall–Kier alpha value is -2.90. The molecule has 112 valence electrons. The molecule has 0 heterocycles. The Bertz CT molecular complexity index is 584. The minimum Gasteiger partial charge on any atom is -0.481 e. The van der Waals surface area contributed by atoms with Crippen molar-refractivity contribution in [1.29, 1.82) is 0 Å². The van der Waals surface area contributed by atoms with E-state index in [1.54, 1.807) is 6.07 Å². The second-order valence-electron chi connectivity index (χ2n) is 4.20. The highest BCUT2D eigenvalue weighted by Gasteiger charge is 2.19. The summed E-state index contributed by atoms with van der Waals surface area (Å²) in [6.45, 7) is 1.36. The van der Waals surface area contributed by atoms with E-state index in [9.17, 15) is 19.2 Å². The summed E-state index contributed by atoms with van der Waals surface area (Å²) in [5.74, 6) is -3.97. The van der Waals surface area contributed by atoms with Crippen LogP contribution in [0.2, 0.25) is 0 Å². The molecular weight excluding hydrogens is 280 g/mol. The van der Waals surface area contributed by atoms with Gasteiger partial charge in [-0.15, -0.1) is 0 Å². The minimum absolute atomic E-state index is 0.0880. The van der Waals surface area contributed by atoms with Crippen molar-refractivity contribution in [2.75, 3.05) is 5.32 Å². The van der Waals surface area contributed by atoms with Crippen LogP contribution in [0.15, 0.2) is 24.3 Å². The first-order valence-corrected chi connectivity index (χ1v) is 5.95. The lowest BCUT2D eigenvalue weighted by atomic mass is 10.1. The molecule has 0 fully saturated rings. The van der Waals surface area contributed by atoms with Gasteiger partial charge < -0.3 is 20.8 Å². The van der Waals surface area contributed by atoms with Crippen molar-refractivity contribution in [3.63, 3.8) is 0 Å². The molecule has 8 nitrogen and oxygen atoms in total. The highest BCUT2D eigenvalue weighted by atomic mass is 16.4. The van der Waals surface area contributed by atoms with Crippen LogP contribution in [0.1, 0.15) is 23.7 Å². The summed E-state index contributed by atoms with van der Waals surface area (Å²) in [6.07, 6.45) is -0.747. The lowest BCUT2D eigenvalue weighted by molar-refractivity contribution is -0.141. The zero-order valence-corrected chi connectivity index (χ0v) is 11.1. The lowest BCUT2D eigenvalue weighted by Gasteiger charge is -2.14. The molecule has 2 amide bonds. The van der Waals surface area contributed by atoms with Crippen LogP contribution in [0.5, 0.6) is 0 Å². The number of carboxylic acid groups (broad SMARTS) is 2. The van der Waals surface area contributed by atoms with Crippen LogP contribution < -0.4 is 10.6 Å². The number of nitrogens with one attached hydrogen (secondary N) is 2. The van der Waals surface area contributed by atoms with E-state index in [1.165, 1.54) is 25.1 Å². The Morgan fingerprint density at radius 2 is 1.76 bits per heavy atom. The van der Waals surface area contributed by atoms with Gasteiger partial charge in [-0.1, -0.05) is 12.1 Å². The third-order valence-electron chi connectivity index (χ3n) is 2.50. The molecule has 1 atom stereocenters. The zero-order chi connectivity index (χ0) is 16.0. The van der Waals surface area contributed by atoms with E-state index < -0.39 is 36.2 Å². The van der Waals surface area contributed by atoms with E-state index in [2.05, 4.69) is 10.6 Å². The Morgan fingerprint density at radius 3 is 2.33 bits per heavy atom. The number of carbonyl (C=O) groups excluding carboxylic acids is 2. The number of para-hydroxylation sites is 1. The molecule has 0 radical (unpaired) electrons. The van der Waals surface area contributed by atoms with Crippen LogP contribution in [0.4, 0.5) is 5.69 Å². The second-order valence-corrected chi connectivity index (χ2v) is 4.20. The molecule has 0 bridgehead atoms. The Balaban J connectivity index is 2.71. The molecule has 0 aliphatic rings. The molecule has 1 aromatic rings. The van der Waals surface area contributed by atoms with Gasteiger partial charge >= 0.3 is 11.9 Å². The average molecular weight is 294 g/mol. The number of hydrogen-bond donors (Lipinski definition) is 4. The summed E-state index contributed by atoms with van der Waals surface area (Å²) in [5, 5.41) is 22.0. The maximum Gasteiger partial charge on any atom is 0.337 e. The van der Waals surface area contributed by atoms with Crippen LogP contribution in [-0.2, 0) is 14.4 Å². The average Bonchev–Trinajstić information content (AvgIpc) is 2.37. The zero-order valence-electron chi connectivity index (χ0n) is 11.1. The number of amides is 2. The molecule has 0 saturated heterocycles. The van der Waals surface area contributed by atoms with Crippen LogP contribution in [0.3, 0.4) is 0 Å². The number of hydrogen-bond acceptors (Lipinski definition) is 4. The van der Waals surface area contributed by atoms with Gasteiger partial charge in [0.05, 0.1) is 11.3 Å². The van der Waals surface area contributed by atoms with Crippen molar-refractivity contribution in [3.05, 3.63) is 29.8 Å². The number of aliphatic carboxylic acids is 1. The van der Waals surface area contributed by atoms with E-state index in [1.807, 2.05) is 0 Å². The van der Waals surface area contributed by atoms with Crippen LogP contribution >= 0.6 is 0 Å². The number of anilines is 1. The van der Waals surface area contributed by atoms with Crippen LogP contribution in [-0.4, -0.2) is 40.0 Å².